The lowest BCUT2D eigenvalue weighted by Crippen LogP contribution is -2.08. The Labute approximate surface area is 108 Å². The van der Waals surface area contributed by atoms with Crippen LogP contribution in [-0.2, 0) is 4.79 Å². The fourth-order valence-corrected chi connectivity index (χ4v) is 1.97. The van der Waals surface area contributed by atoms with Crippen LogP contribution in [0.25, 0.3) is 16.7 Å². The van der Waals surface area contributed by atoms with E-state index in [1.165, 1.54) is 13.0 Å². The molecule has 0 saturated carbocycles. The van der Waals surface area contributed by atoms with Crippen molar-refractivity contribution < 1.29 is 9.53 Å². The third-order valence-corrected chi connectivity index (χ3v) is 2.75. The van der Waals surface area contributed by atoms with Crippen molar-refractivity contribution in [3.63, 3.8) is 0 Å². The Hall–Kier alpha value is -2.69. The van der Waals surface area contributed by atoms with Crippen molar-refractivity contribution in [2.24, 2.45) is 0 Å². The molecule has 2 heterocycles. The predicted octanol–water partition coefficient (Wildman–Crippen LogP) is 1.77. The van der Waals surface area contributed by atoms with Gasteiger partial charge in [0.1, 0.15) is 5.65 Å². The van der Waals surface area contributed by atoms with Crippen molar-refractivity contribution in [3.05, 3.63) is 52.8 Å². The first-order chi connectivity index (χ1) is 9.15. The van der Waals surface area contributed by atoms with Crippen molar-refractivity contribution >= 4 is 22.6 Å². The zero-order chi connectivity index (χ0) is 13.4. The van der Waals surface area contributed by atoms with Crippen LogP contribution in [0.4, 0.5) is 0 Å². The molecule has 1 aromatic carbocycles. The highest BCUT2D eigenvalue weighted by molar-refractivity contribution is 5.81. The Morgan fingerprint density at radius 1 is 1.26 bits per heavy atom. The summed E-state index contributed by atoms with van der Waals surface area (Å²) in [5.74, 6) is -0.515. The lowest BCUT2D eigenvalue weighted by Gasteiger charge is -1.96. The minimum absolute atomic E-state index is 0.00755. The van der Waals surface area contributed by atoms with Gasteiger partial charge in [-0.2, -0.15) is 0 Å². The summed E-state index contributed by atoms with van der Waals surface area (Å²) in [7, 11) is 0. The summed E-state index contributed by atoms with van der Waals surface area (Å²) in [6.07, 6.45) is 1.84. The second kappa shape index (κ2) is 4.20. The number of nitrogens with zero attached hydrogens (tertiary/aromatic N) is 2. The predicted molar refractivity (Wildman–Crippen MR) is 70.3 cm³/mol. The van der Waals surface area contributed by atoms with E-state index in [9.17, 15) is 9.59 Å². The van der Waals surface area contributed by atoms with E-state index in [2.05, 4.69) is 4.98 Å². The smallest absolute Gasteiger partial charge is 0.308 e. The number of hydrogen-bond donors (Lipinski definition) is 0. The highest BCUT2D eigenvalue weighted by atomic mass is 16.5. The quantitative estimate of drug-likeness (QED) is 0.621. The summed E-state index contributed by atoms with van der Waals surface area (Å²) in [6.45, 7) is 1.26. The molecule has 5 heteroatoms. The summed E-state index contributed by atoms with van der Waals surface area (Å²) in [5.41, 5.74) is 1.80. The zero-order valence-electron chi connectivity index (χ0n) is 10.2. The molecule has 0 unspecified atom stereocenters. The number of imidazole rings is 1. The number of fused-ring (bicyclic) bond motifs is 3. The van der Waals surface area contributed by atoms with Gasteiger partial charge in [0.15, 0.2) is 5.75 Å². The maximum absolute atomic E-state index is 11.8. The van der Waals surface area contributed by atoms with E-state index >= 15 is 0 Å². The first-order valence-corrected chi connectivity index (χ1v) is 5.75. The Morgan fingerprint density at radius 2 is 2.11 bits per heavy atom. The SMILES string of the molecule is CC(=O)Oc1cc2c(ccc1=O)nc1ccccn12. The molecule has 19 heavy (non-hydrogen) atoms. The normalized spacial score (nSPS) is 10.8. The van der Waals surface area contributed by atoms with Crippen molar-refractivity contribution in [3.8, 4) is 5.75 Å². The molecule has 2 aromatic heterocycles. The van der Waals surface area contributed by atoms with Crippen LogP contribution >= 0.6 is 0 Å². The van der Waals surface area contributed by atoms with Gasteiger partial charge < -0.3 is 4.74 Å². The number of carbonyl (C=O) groups excluding carboxylic acids is 1. The van der Waals surface area contributed by atoms with Crippen molar-refractivity contribution in [1.29, 1.82) is 0 Å². The van der Waals surface area contributed by atoms with Gasteiger partial charge in [0.25, 0.3) is 0 Å². The Balaban J connectivity index is 2.40. The third-order valence-electron chi connectivity index (χ3n) is 2.75. The van der Waals surface area contributed by atoms with Gasteiger partial charge in [0.2, 0.25) is 5.43 Å². The van der Waals surface area contributed by atoms with E-state index in [0.717, 1.165) is 5.65 Å². The van der Waals surface area contributed by atoms with Crippen LogP contribution < -0.4 is 10.2 Å². The van der Waals surface area contributed by atoms with Crippen LogP contribution in [0.1, 0.15) is 6.92 Å². The average molecular weight is 254 g/mol. The van der Waals surface area contributed by atoms with E-state index in [0.29, 0.717) is 11.0 Å². The van der Waals surface area contributed by atoms with Crippen LogP contribution in [0.15, 0.2) is 47.4 Å². The minimum atomic E-state index is -0.523. The second-order valence-electron chi connectivity index (χ2n) is 4.11. The summed E-state index contributed by atoms with van der Waals surface area (Å²) >= 11 is 0. The highest BCUT2D eigenvalue weighted by Crippen LogP contribution is 2.17. The Kier molecular flexibility index (Phi) is 2.52. The molecule has 0 bridgehead atoms. The highest BCUT2D eigenvalue weighted by Gasteiger charge is 2.07. The van der Waals surface area contributed by atoms with E-state index in [1.807, 2.05) is 28.8 Å². The number of esters is 1. The van der Waals surface area contributed by atoms with E-state index < -0.39 is 5.97 Å². The summed E-state index contributed by atoms with van der Waals surface area (Å²) < 4.78 is 6.77. The lowest BCUT2D eigenvalue weighted by atomic mass is 10.4. The molecule has 0 amide bonds. The average Bonchev–Trinajstić information content (AvgIpc) is 2.65. The van der Waals surface area contributed by atoms with E-state index in [-0.39, 0.29) is 11.2 Å². The first kappa shape index (κ1) is 11.4. The number of pyridine rings is 1. The molecule has 0 radical (unpaired) electrons. The number of hydrogen-bond acceptors (Lipinski definition) is 4. The molecule has 0 saturated heterocycles. The van der Waals surface area contributed by atoms with Crippen molar-refractivity contribution in [1.82, 2.24) is 9.38 Å². The molecular formula is C14H10N2O3. The van der Waals surface area contributed by atoms with Gasteiger partial charge in [0, 0.05) is 19.2 Å². The van der Waals surface area contributed by atoms with Gasteiger partial charge in [-0.3, -0.25) is 14.0 Å². The Morgan fingerprint density at radius 3 is 2.89 bits per heavy atom. The van der Waals surface area contributed by atoms with Gasteiger partial charge in [0.05, 0.1) is 11.0 Å². The maximum atomic E-state index is 11.8. The Bertz CT molecular complexity index is 852. The van der Waals surface area contributed by atoms with Gasteiger partial charge in [-0.25, -0.2) is 4.98 Å². The molecule has 3 aromatic rings. The number of ether oxygens (including phenoxy) is 1. The van der Waals surface area contributed by atoms with Gasteiger partial charge in [-0.15, -0.1) is 0 Å². The number of rotatable bonds is 1. The summed E-state index contributed by atoms with van der Waals surface area (Å²) in [5, 5.41) is 0. The molecule has 0 atom stereocenters. The molecule has 0 aliphatic heterocycles. The van der Waals surface area contributed by atoms with Crippen LogP contribution in [0.2, 0.25) is 0 Å². The fraction of sp³-hybridized carbons (Fsp3) is 0.0714. The number of carbonyl (C=O) groups is 1. The molecule has 0 spiro atoms. The summed E-state index contributed by atoms with van der Waals surface area (Å²) in [4.78, 5) is 27.2. The van der Waals surface area contributed by atoms with Crippen molar-refractivity contribution in [2.45, 2.75) is 6.92 Å². The topological polar surface area (TPSA) is 60.7 Å². The molecule has 94 valence electrons. The van der Waals surface area contributed by atoms with E-state index in [1.54, 1.807) is 12.1 Å². The standard InChI is InChI=1S/C14H10N2O3/c1-9(17)19-13-8-11-10(5-6-12(13)18)15-14-4-2-3-7-16(11)14/h2-8H,1H3. The van der Waals surface area contributed by atoms with Crippen LogP contribution in [0.3, 0.4) is 0 Å². The molecule has 3 rings (SSSR count). The third kappa shape index (κ3) is 1.95. The van der Waals surface area contributed by atoms with Crippen LogP contribution in [0, 0.1) is 0 Å². The molecule has 0 aliphatic carbocycles. The summed E-state index contributed by atoms with van der Waals surface area (Å²) in [6, 6.07) is 10.1. The molecule has 0 aliphatic rings. The molecule has 5 nitrogen and oxygen atoms in total. The largest absolute Gasteiger partial charge is 0.422 e. The van der Waals surface area contributed by atoms with Gasteiger partial charge >= 0.3 is 5.97 Å². The second-order valence-corrected chi connectivity index (χ2v) is 4.11. The fourth-order valence-electron chi connectivity index (χ4n) is 1.97. The van der Waals surface area contributed by atoms with E-state index in [4.69, 9.17) is 4.74 Å². The zero-order valence-corrected chi connectivity index (χ0v) is 10.2. The van der Waals surface area contributed by atoms with Crippen LogP contribution in [0.5, 0.6) is 5.75 Å². The first-order valence-electron chi connectivity index (χ1n) is 5.75. The van der Waals surface area contributed by atoms with Crippen LogP contribution in [-0.4, -0.2) is 15.4 Å². The van der Waals surface area contributed by atoms with Gasteiger partial charge in [-0.05, 0) is 24.3 Å². The van der Waals surface area contributed by atoms with Gasteiger partial charge in [-0.1, -0.05) is 6.07 Å². The van der Waals surface area contributed by atoms with Crippen molar-refractivity contribution in [2.75, 3.05) is 0 Å². The molecule has 0 N–H and O–H groups in total. The molecular weight excluding hydrogens is 244 g/mol. The maximum Gasteiger partial charge on any atom is 0.308 e. The number of aromatic nitrogens is 2. The monoisotopic (exact) mass is 254 g/mol. The molecule has 0 fully saturated rings. The minimum Gasteiger partial charge on any atom is -0.422 e. The lowest BCUT2D eigenvalue weighted by molar-refractivity contribution is -0.131.